The number of rotatable bonds is 72. The Morgan fingerprint density at radius 3 is 0.826 bits per heavy atom. The van der Waals surface area contributed by atoms with Crippen LogP contribution in [-0.2, 0) is 65.4 Å². The van der Waals surface area contributed by atoms with E-state index < -0.39 is 97.5 Å². The van der Waals surface area contributed by atoms with Gasteiger partial charge in [0, 0.05) is 25.7 Å². The zero-order valence-corrected chi connectivity index (χ0v) is 61.6. The number of unbranched alkanes of at least 4 members (excludes halogenated alkanes) is 41. The molecular formula is C73H142O17P2. The number of esters is 4. The fourth-order valence-electron chi connectivity index (χ4n) is 11.1. The maximum atomic E-state index is 13.1. The molecule has 0 spiro atoms. The molecule has 0 aromatic rings. The molecule has 0 amide bonds. The molecule has 3 unspecified atom stereocenters. The summed E-state index contributed by atoms with van der Waals surface area (Å²) < 4.78 is 68.3. The molecule has 0 saturated heterocycles. The quantitative estimate of drug-likeness (QED) is 0.0222. The Kier molecular flexibility index (Phi) is 63.7. The van der Waals surface area contributed by atoms with Gasteiger partial charge in [-0.3, -0.25) is 37.3 Å². The highest BCUT2D eigenvalue weighted by Gasteiger charge is 2.30. The van der Waals surface area contributed by atoms with Gasteiger partial charge >= 0.3 is 39.5 Å². The number of aliphatic hydroxyl groups is 1. The minimum absolute atomic E-state index is 0.105. The van der Waals surface area contributed by atoms with Crippen LogP contribution in [-0.4, -0.2) is 96.7 Å². The molecule has 0 bridgehead atoms. The molecule has 0 aliphatic rings. The summed E-state index contributed by atoms with van der Waals surface area (Å²) in [5.74, 6) is -0.539. The molecular weight excluding hydrogens is 1210 g/mol. The Balaban J connectivity index is 5.22. The van der Waals surface area contributed by atoms with E-state index in [2.05, 4.69) is 41.5 Å². The summed E-state index contributed by atoms with van der Waals surface area (Å²) in [7, 11) is -9.90. The van der Waals surface area contributed by atoms with E-state index in [0.29, 0.717) is 25.7 Å². The van der Waals surface area contributed by atoms with Gasteiger partial charge in [-0.2, -0.15) is 0 Å². The fourth-order valence-corrected chi connectivity index (χ4v) is 12.7. The van der Waals surface area contributed by atoms with Crippen molar-refractivity contribution in [3.8, 4) is 0 Å². The Bertz CT molecular complexity index is 1790. The number of hydrogen-bond donors (Lipinski definition) is 3. The van der Waals surface area contributed by atoms with Gasteiger partial charge in [0.15, 0.2) is 12.2 Å². The van der Waals surface area contributed by atoms with E-state index in [1.165, 1.54) is 186 Å². The van der Waals surface area contributed by atoms with Gasteiger partial charge in [-0.25, -0.2) is 9.13 Å². The number of ether oxygens (including phenoxy) is 4. The minimum Gasteiger partial charge on any atom is -0.462 e. The van der Waals surface area contributed by atoms with Crippen LogP contribution in [0.25, 0.3) is 0 Å². The lowest BCUT2D eigenvalue weighted by Crippen LogP contribution is -2.30. The molecule has 0 aromatic heterocycles. The second-order valence-electron chi connectivity index (χ2n) is 27.1. The van der Waals surface area contributed by atoms with E-state index in [0.717, 1.165) is 108 Å². The molecule has 0 aliphatic heterocycles. The highest BCUT2D eigenvalue weighted by Crippen LogP contribution is 2.45. The number of aliphatic hydroxyl groups excluding tert-OH is 1. The van der Waals surface area contributed by atoms with Crippen molar-refractivity contribution in [1.29, 1.82) is 0 Å². The van der Waals surface area contributed by atoms with Gasteiger partial charge in [0.2, 0.25) is 0 Å². The minimum atomic E-state index is -4.95. The van der Waals surface area contributed by atoms with Crippen LogP contribution in [0.1, 0.15) is 375 Å². The summed E-state index contributed by atoms with van der Waals surface area (Å²) in [6.07, 6.45) is 51.3. The highest BCUT2D eigenvalue weighted by molar-refractivity contribution is 7.47. The maximum Gasteiger partial charge on any atom is 0.472 e. The molecule has 0 rings (SSSR count). The van der Waals surface area contributed by atoms with Crippen molar-refractivity contribution in [2.24, 2.45) is 11.8 Å². The Labute approximate surface area is 562 Å². The SMILES string of the molecule is CCCCCCCCCCCCCCCCC(=O)OC[C@H](COP(=O)(O)OC[C@@H](O)COP(=O)(O)OC[C@@H](COC(=O)CCCCCCCCCC)OC(=O)CCCCCCCCCCCC(C)C)OC(=O)CCCCCCCCCCCCCCCCC(C)CC. The van der Waals surface area contributed by atoms with E-state index in [1.54, 1.807) is 0 Å². The average Bonchev–Trinajstić information content (AvgIpc) is 1.67. The smallest absolute Gasteiger partial charge is 0.462 e. The third-order valence-corrected chi connectivity index (χ3v) is 19.2. The monoisotopic (exact) mass is 1350 g/mol. The molecule has 0 aliphatic carbocycles. The summed E-state index contributed by atoms with van der Waals surface area (Å²) >= 11 is 0. The summed E-state index contributed by atoms with van der Waals surface area (Å²) in [5.41, 5.74) is 0. The van der Waals surface area contributed by atoms with E-state index in [-0.39, 0.29) is 25.7 Å². The Morgan fingerprint density at radius 2 is 0.554 bits per heavy atom. The largest absolute Gasteiger partial charge is 0.472 e. The van der Waals surface area contributed by atoms with Gasteiger partial charge in [0.25, 0.3) is 0 Å². The molecule has 0 fully saturated rings. The summed E-state index contributed by atoms with van der Waals surface area (Å²) in [5, 5.41) is 10.6. The topological polar surface area (TPSA) is 237 Å². The molecule has 17 nitrogen and oxygen atoms in total. The standard InChI is InChI=1S/C73H142O17P2/c1-7-10-12-14-16-18-19-20-24-27-32-38-44-50-56-71(76)84-62-69(89-72(77)57-51-45-39-33-28-25-22-21-23-26-31-36-42-48-54-66(6)9-3)64-88-92(81,82)86-60-67(74)59-85-91(79,80)87-63-68(61-83-70(75)55-49-43-37-17-15-13-11-8-2)90-73(78)58-52-46-40-34-29-30-35-41-47-53-65(4)5/h65-69,74H,7-64H2,1-6H3,(H,79,80)(H,81,82)/t66?,67-,68+,69+/m0/s1. The predicted molar refractivity (Wildman–Crippen MR) is 372 cm³/mol. The van der Waals surface area contributed by atoms with Crippen LogP contribution in [0.3, 0.4) is 0 Å². The number of phosphoric ester groups is 2. The molecule has 0 heterocycles. The summed E-state index contributed by atoms with van der Waals surface area (Å²) in [6, 6.07) is 0. The number of carbonyl (C=O) groups is 4. The van der Waals surface area contributed by atoms with Crippen LogP contribution in [0, 0.1) is 11.8 Å². The predicted octanol–water partition coefficient (Wildman–Crippen LogP) is 21.2. The molecule has 19 heteroatoms. The van der Waals surface area contributed by atoms with Gasteiger partial charge in [0.1, 0.15) is 19.3 Å². The Hall–Kier alpha value is -1.94. The first-order valence-corrected chi connectivity index (χ1v) is 41.0. The number of hydrogen-bond acceptors (Lipinski definition) is 15. The first-order valence-electron chi connectivity index (χ1n) is 38.0. The lowest BCUT2D eigenvalue weighted by Gasteiger charge is -2.21. The van der Waals surface area contributed by atoms with Gasteiger partial charge in [-0.1, -0.05) is 324 Å². The lowest BCUT2D eigenvalue weighted by atomic mass is 9.99. The van der Waals surface area contributed by atoms with E-state index >= 15 is 0 Å². The van der Waals surface area contributed by atoms with Crippen molar-refractivity contribution < 1.29 is 80.2 Å². The third-order valence-electron chi connectivity index (χ3n) is 17.3. The molecule has 6 atom stereocenters. The van der Waals surface area contributed by atoms with Crippen molar-refractivity contribution in [2.45, 2.75) is 394 Å². The van der Waals surface area contributed by atoms with Crippen LogP contribution in [0.15, 0.2) is 0 Å². The van der Waals surface area contributed by atoms with Gasteiger partial charge < -0.3 is 33.8 Å². The van der Waals surface area contributed by atoms with Crippen molar-refractivity contribution >= 4 is 39.5 Å². The highest BCUT2D eigenvalue weighted by atomic mass is 31.2. The van der Waals surface area contributed by atoms with Gasteiger partial charge in [-0.05, 0) is 37.5 Å². The first-order chi connectivity index (χ1) is 44.4. The molecule has 546 valence electrons. The average molecular weight is 1350 g/mol. The van der Waals surface area contributed by atoms with Crippen LogP contribution < -0.4 is 0 Å². The molecule has 3 N–H and O–H groups in total. The van der Waals surface area contributed by atoms with Crippen LogP contribution >= 0.6 is 15.6 Å². The zero-order valence-electron chi connectivity index (χ0n) is 59.9. The molecule has 0 saturated carbocycles. The number of carbonyl (C=O) groups excluding carboxylic acids is 4. The lowest BCUT2D eigenvalue weighted by molar-refractivity contribution is -0.161. The second-order valence-corrected chi connectivity index (χ2v) is 30.0. The van der Waals surface area contributed by atoms with Crippen LogP contribution in [0.2, 0.25) is 0 Å². The van der Waals surface area contributed by atoms with E-state index in [1.807, 2.05) is 0 Å². The molecule has 92 heavy (non-hydrogen) atoms. The first kappa shape index (κ1) is 90.1. The Morgan fingerprint density at radius 1 is 0.315 bits per heavy atom. The van der Waals surface area contributed by atoms with Crippen molar-refractivity contribution in [1.82, 2.24) is 0 Å². The van der Waals surface area contributed by atoms with E-state index in [9.17, 15) is 43.2 Å². The zero-order chi connectivity index (χ0) is 67.9. The summed E-state index contributed by atoms with van der Waals surface area (Å²) in [4.78, 5) is 72.6. The van der Waals surface area contributed by atoms with Gasteiger partial charge in [0.05, 0.1) is 26.4 Å². The molecule has 0 aromatic carbocycles. The van der Waals surface area contributed by atoms with Gasteiger partial charge in [-0.15, -0.1) is 0 Å². The van der Waals surface area contributed by atoms with Crippen molar-refractivity contribution in [2.75, 3.05) is 39.6 Å². The van der Waals surface area contributed by atoms with Crippen LogP contribution in [0.4, 0.5) is 0 Å². The maximum absolute atomic E-state index is 13.1. The third kappa shape index (κ3) is 65.4. The van der Waals surface area contributed by atoms with Crippen molar-refractivity contribution in [3.63, 3.8) is 0 Å². The molecule has 0 radical (unpaired) electrons. The number of phosphoric acid groups is 2. The normalized spacial score (nSPS) is 14.4. The van der Waals surface area contributed by atoms with Crippen molar-refractivity contribution in [3.05, 3.63) is 0 Å². The fraction of sp³-hybridized carbons (Fsp3) is 0.945. The summed E-state index contributed by atoms with van der Waals surface area (Å²) in [6.45, 7) is 9.58. The van der Waals surface area contributed by atoms with E-state index in [4.69, 9.17) is 37.0 Å². The second kappa shape index (κ2) is 65.0. The van der Waals surface area contributed by atoms with Crippen LogP contribution in [0.5, 0.6) is 0 Å².